The number of nitrogens with one attached hydrogen (secondary N) is 2. The Morgan fingerprint density at radius 1 is 1.32 bits per heavy atom. The maximum atomic E-state index is 12.5. The molecule has 1 unspecified atom stereocenters. The van der Waals surface area contributed by atoms with Gasteiger partial charge in [0.1, 0.15) is 11.9 Å². The molecule has 1 aromatic heterocycles. The summed E-state index contributed by atoms with van der Waals surface area (Å²) in [5, 5.41) is 5.47. The quantitative estimate of drug-likeness (QED) is 0.818. The van der Waals surface area contributed by atoms with Crippen molar-refractivity contribution in [3.8, 4) is 0 Å². The van der Waals surface area contributed by atoms with E-state index in [1.54, 1.807) is 13.8 Å². The van der Waals surface area contributed by atoms with Crippen molar-refractivity contribution in [1.82, 2.24) is 20.2 Å². The van der Waals surface area contributed by atoms with Gasteiger partial charge in [-0.3, -0.25) is 0 Å². The second-order valence-corrected chi connectivity index (χ2v) is 5.90. The molecule has 0 saturated carbocycles. The minimum Gasteiger partial charge on any atom is -0.463 e. The number of fused-ring (bicyclic) bond motifs is 1. The fourth-order valence-corrected chi connectivity index (χ4v) is 3.14. The first-order valence-corrected chi connectivity index (χ1v) is 8.47. The second-order valence-electron chi connectivity index (χ2n) is 5.90. The summed E-state index contributed by atoms with van der Waals surface area (Å²) in [6.45, 7) is 6.54. The minimum atomic E-state index is -0.647. The van der Waals surface area contributed by atoms with Crippen molar-refractivity contribution >= 4 is 23.0 Å². The number of hydrogen-bond donors (Lipinski definition) is 2. The molecular formula is C18H22N4O3. The third-order valence-electron chi connectivity index (χ3n) is 4.15. The lowest BCUT2D eigenvalue weighted by molar-refractivity contribution is -0.139. The van der Waals surface area contributed by atoms with Crippen molar-refractivity contribution in [2.75, 3.05) is 6.61 Å². The van der Waals surface area contributed by atoms with Crippen LogP contribution in [0.5, 0.6) is 0 Å². The van der Waals surface area contributed by atoms with Gasteiger partial charge in [-0.15, -0.1) is 0 Å². The van der Waals surface area contributed by atoms with Gasteiger partial charge in [-0.25, -0.2) is 14.6 Å². The molecule has 0 aliphatic carbocycles. The Morgan fingerprint density at radius 3 is 2.80 bits per heavy atom. The lowest BCUT2D eigenvalue weighted by Gasteiger charge is -2.27. The second kappa shape index (κ2) is 6.96. The lowest BCUT2D eigenvalue weighted by Crippen LogP contribution is -2.46. The van der Waals surface area contributed by atoms with Crippen LogP contribution in [0.3, 0.4) is 0 Å². The van der Waals surface area contributed by atoms with Crippen LogP contribution in [0, 0.1) is 0 Å². The van der Waals surface area contributed by atoms with E-state index in [2.05, 4.69) is 22.1 Å². The molecule has 2 aromatic rings. The summed E-state index contributed by atoms with van der Waals surface area (Å²) in [5.74, 6) is 0.188. The van der Waals surface area contributed by atoms with Crippen molar-refractivity contribution in [3.63, 3.8) is 0 Å². The summed E-state index contributed by atoms with van der Waals surface area (Å²) < 4.78 is 7.24. The zero-order valence-electron chi connectivity index (χ0n) is 14.6. The Hall–Kier alpha value is -2.83. The molecule has 1 aromatic carbocycles. The van der Waals surface area contributed by atoms with Crippen LogP contribution in [-0.4, -0.2) is 28.2 Å². The molecule has 2 heterocycles. The number of rotatable bonds is 5. The third kappa shape index (κ3) is 3.09. The largest absolute Gasteiger partial charge is 0.463 e. The molecular weight excluding hydrogens is 320 g/mol. The number of allylic oxidation sites excluding steroid dienone is 1. The number of para-hydroxylation sites is 2. The van der Waals surface area contributed by atoms with Crippen molar-refractivity contribution in [2.24, 2.45) is 0 Å². The van der Waals surface area contributed by atoms with Crippen molar-refractivity contribution in [3.05, 3.63) is 41.4 Å². The summed E-state index contributed by atoms with van der Waals surface area (Å²) in [4.78, 5) is 29.2. The maximum Gasteiger partial charge on any atom is 0.338 e. The Balaban J connectivity index is 2.16. The smallest absolute Gasteiger partial charge is 0.338 e. The van der Waals surface area contributed by atoms with E-state index >= 15 is 0 Å². The monoisotopic (exact) mass is 342 g/mol. The van der Waals surface area contributed by atoms with Crippen LogP contribution in [0.1, 0.15) is 39.1 Å². The molecule has 7 heteroatoms. The molecule has 1 atom stereocenters. The number of benzene rings is 1. The molecule has 132 valence electrons. The zero-order chi connectivity index (χ0) is 18.0. The minimum absolute atomic E-state index is 0.266. The maximum absolute atomic E-state index is 12.5. The number of nitrogens with zero attached hydrogens (tertiary/aromatic N) is 2. The highest BCUT2D eigenvalue weighted by molar-refractivity contribution is 5.95. The van der Waals surface area contributed by atoms with Crippen LogP contribution in [0.4, 0.5) is 4.79 Å². The molecule has 0 saturated heterocycles. The summed E-state index contributed by atoms with van der Waals surface area (Å²) in [6, 6.07) is 6.79. The van der Waals surface area contributed by atoms with Crippen molar-refractivity contribution in [1.29, 1.82) is 0 Å². The van der Waals surface area contributed by atoms with E-state index < -0.39 is 12.0 Å². The van der Waals surface area contributed by atoms with Gasteiger partial charge >= 0.3 is 12.0 Å². The fourth-order valence-electron chi connectivity index (χ4n) is 3.14. The van der Waals surface area contributed by atoms with Gasteiger partial charge in [0, 0.05) is 12.2 Å². The molecule has 3 rings (SSSR count). The molecule has 0 spiro atoms. The average Bonchev–Trinajstić information content (AvgIpc) is 2.93. The SMILES string of the molecule is CCCn1c(C2NC(=O)NC(C)=C2C(=O)OCC)nc2ccccc21. The Morgan fingerprint density at radius 2 is 2.08 bits per heavy atom. The van der Waals surface area contributed by atoms with Gasteiger partial charge in [0.05, 0.1) is 23.2 Å². The summed E-state index contributed by atoms with van der Waals surface area (Å²) in [5.41, 5.74) is 2.68. The number of aryl methyl sites for hydroxylation is 1. The molecule has 25 heavy (non-hydrogen) atoms. The highest BCUT2D eigenvalue weighted by Gasteiger charge is 2.35. The number of hydrogen-bond acceptors (Lipinski definition) is 4. The normalized spacial score (nSPS) is 17.4. The molecule has 2 N–H and O–H groups in total. The van der Waals surface area contributed by atoms with Gasteiger partial charge in [0.15, 0.2) is 0 Å². The average molecular weight is 342 g/mol. The number of carbonyl (C=O) groups is 2. The standard InChI is InChI=1S/C18H22N4O3/c1-4-10-22-13-9-7-6-8-12(13)20-16(22)15-14(17(23)25-5-2)11(3)19-18(24)21-15/h6-9,15H,4-5,10H2,1-3H3,(H2,19,21,24). The van der Waals surface area contributed by atoms with Gasteiger partial charge in [-0.05, 0) is 32.4 Å². The van der Waals surface area contributed by atoms with Gasteiger partial charge in [0.2, 0.25) is 0 Å². The van der Waals surface area contributed by atoms with Crippen molar-refractivity contribution < 1.29 is 14.3 Å². The van der Waals surface area contributed by atoms with E-state index in [0.29, 0.717) is 17.1 Å². The zero-order valence-corrected chi connectivity index (χ0v) is 14.6. The summed E-state index contributed by atoms with van der Waals surface area (Å²) in [7, 11) is 0. The molecule has 2 amide bonds. The lowest BCUT2D eigenvalue weighted by atomic mass is 10.0. The number of urea groups is 1. The number of aromatic nitrogens is 2. The van der Waals surface area contributed by atoms with Crippen LogP contribution < -0.4 is 10.6 Å². The first-order chi connectivity index (χ1) is 12.1. The highest BCUT2D eigenvalue weighted by atomic mass is 16.5. The van der Waals surface area contributed by atoms with Crippen LogP contribution in [0.15, 0.2) is 35.5 Å². The molecule has 7 nitrogen and oxygen atoms in total. The van der Waals surface area contributed by atoms with Crippen LogP contribution in [-0.2, 0) is 16.1 Å². The number of imidazole rings is 1. The highest BCUT2D eigenvalue weighted by Crippen LogP contribution is 2.30. The molecule has 1 aliphatic rings. The molecule has 0 bridgehead atoms. The van der Waals surface area contributed by atoms with Gasteiger partial charge < -0.3 is 19.9 Å². The fraction of sp³-hybridized carbons (Fsp3) is 0.389. The summed E-state index contributed by atoms with van der Waals surface area (Å²) in [6.07, 6.45) is 0.906. The van der Waals surface area contributed by atoms with E-state index in [1.165, 1.54) is 0 Å². The van der Waals surface area contributed by atoms with Crippen LogP contribution >= 0.6 is 0 Å². The van der Waals surface area contributed by atoms with E-state index in [0.717, 1.165) is 24.0 Å². The molecule has 0 fully saturated rings. The third-order valence-corrected chi connectivity index (χ3v) is 4.15. The number of esters is 1. The van der Waals surface area contributed by atoms with Crippen LogP contribution in [0.2, 0.25) is 0 Å². The molecule has 0 radical (unpaired) electrons. The van der Waals surface area contributed by atoms with E-state index in [9.17, 15) is 9.59 Å². The van der Waals surface area contributed by atoms with E-state index in [1.807, 2.05) is 24.3 Å². The Bertz CT molecular complexity index is 853. The predicted molar refractivity (Wildman–Crippen MR) is 93.8 cm³/mol. The van der Waals surface area contributed by atoms with E-state index in [4.69, 9.17) is 9.72 Å². The first-order valence-electron chi connectivity index (χ1n) is 8.47. The Kier molecular flexibility index (Phi) is 4.74. The van der Waals surface area contributed by atoms with Gasteiger partial charge in [-0.2, -0.15) is 0 Å². The number of amides is 2. The number of carbonyl (C=O) groups excluding carboxylic acids is 2. The summed E-state index contributed by atoms with van der Waals surface area (Å²) >= 11 is 0. The van der Waals surface area contributed by atoms with Crippen molar-refractivity contribution in [2.45, 2.75) is 39.8 Å². The van der Waals surface area contributed by atoms with Gasteiger partial charge in [0.25, 0.3) is 0 Å². The van der Waals surface area contributed by atoms with Gasteiger partial charge in [-0.1, -0.05) is 19.1 Å². The Labute approximate surface area is 146 Å². The number of ether oxygens (including phenoxy) is 1. The van der Waals surface area contributed by atoms with E-state index in [-0.39, 0.29) is 12.6 Å². The molecule has 1 aliphatic heterocycles. The topological polar surface area (TPSA) is 85.2 Å². The van der Waals surface area contributed by atoms with Crippen LogP contribution in [0.25, 0.3) is 11.0 Å². The predicted octanol–water partition coefficient (Wildman–Crippen LogP) is 2.64. The first kappa shape index (κ1) is 17.0.